The van der Waals surface area contributed by atoms with E-state index in [1.165, 1.54) is 62.6 Å². The molecule has 0 bridgehead atoms. The van der Waals surface area contributed by atoms with Crippen molar-refractivity contribution in [1.82, 2.24) is 0 Å². The topological polar surface area (TPSA) is 16.4 Å². The fraction of sp³-hybridized carbons (Fsp3) is 0. The van der Waals surface area contributed by atoms with E-state index in [9.17, 15) is 0 Å². The molecule has 4 heteroatoms. The second kappa shape index (κ2) is 13.3. The van der Waals surface area contributed by atoms with Gasteiger partial charge in [-0.3, -0.25) is 0 Å². The Morgan fingerprint density at radius 1 is 0.310 bits per heavy atom. The van der Waals surface area contributed by atoms with Crippen LogP contribution in [0.5, 0.6) is 0 Å². The van der Waals surface area contributed by atoms with E-state index in [0.717, 1.165) is 50.1 Å². The summed E-state index contributed by atoms with van der Waals surface area (Å²) in [6, 6.07) is 72.5. The molecule has 272 valence electrons. The highest BCUT2D eigenvalue weighted by molar-refractivity contribution is 7.26. The molecule has 0 atom stereocenters. The number of furan rings is 1. The molecule has 0 saturated heterocycles. The van der Waals surface area contributed by atoms with Gasteiger partial charge in [0.25, 0.3) is 0 Å². The maximum absolute atomic E-state index is 6.87. The number of hydrogen-bond donors (Lipinski definition) is 0. The van der Waals surface area contributed by atoms with Crippen LogP contribution in [-0.2, 0) is 0 Å². The highest BCUT2D eigenvalue weighted by atomic mass is 32.1. The van der Waals surface area contributed by atoms with Gasteiger partial charge >= 0.3 is 0 Å². The first-order valence-electron chi connectivity index (χ1n) is 19.6. The van der Waals surface area contributed by atoms with Crippen molar-refractivity contribution in [3.63, 3.8) is 0 Å². The first kappa shape index (κ1) is 33.2. The molecule has 0 radical (unpaired) electrons. The summed E-state index contributed by atoms with van der Waals surface area (Å²) in [5, 5.41) is 7.38. The third-order valence-electron chi connectivity index (χ3n) is 11.5. The van der Waals surface area contributed by atoms with E-state index in [1.54, 1.807) is 0 Å². The smallest absolute Gasteiger partial charge is 0.144 e. The normalized spacial score (nSPS) is 11.8. The Morgan fingerprint density at radius 2 is 0.810 bits per heavy atom. The molecular formula is C54H33NOS2. The van der Waals surface area contributed by atoms with Crippen LogP contribution in [0, 0.1) is 0 Å². The summed E-state index contributed by atoms with van der Waals surface area (Å²) in [7, 11) is 0. The lowest BCUT2D eigenvalue weighted by Crippen LogP contribution is -2.09. The third-order valence-corrected chi connectivity index (χ3v) is 13.8. The standard InChI is InChI=1S/C54H33NOS2/c1-2-9-34(10-3-1)35-17-24-39(25-18-35)55(40-26-19-36(20-27-40)38-23-31-50-47(33-38)43-11-4-6-15-48(43)57-50)41-28-21-37(22-29-41)42-13-8-14-44-45-30-32-51-52(54(45)56-53(42)44)46-12-5-7-16-49(46)58-51/h1-33H. The predicted octanol–water partition coefficient (Wildman–Crippen LogP) is 16.8. The molecule has 0 unspecified atom stereocenters. The molecule has 12 rings (SSSR count). The van der Waals surface area contributed by atoms with Crippen LogP contribution >= 0.6 is 22.7 Å². The van der Waals surface area contributed by atoms with E-state index in [4.69, 9.17) is 4.42 Å². The van der Waals surface area contributed by atoms with Crippen molar-refractivity contribution in [1.29, 1.82) is 0 Å². The van der Waals surface area contributed by atoms with Crippen LogP contribution in [0.4, 0.5) is 17.1 Å². The molecule has 0 amide bonds. The average molecular weight is 776 g/mol. The quantitative estimate of drug-likeness (QED) is 0.167. The molecule has 9 aromatic carbocycles. The number of rotatable bonds is 6. The number of nitrogens with zero attached hydrogens (tertiary/aromatic N) is 1. The number of benzene rings is 9. The minimum Gasteiger partial charge on any atom is -0.455 e. The molecule has 0 spiro atoms. The van der Waals surface area contributed by atoms with Crippen molar-refractivity contribution in [2.45, 2.75) is 0 Å². The zero-order valence-electron chi connectivity index (χ0n) is 31.2. The van der Waals surface area contributed by atoms with Crippen molar-refractivity contribution < 1.29 is 4.42 Å². The molecule has 2 nitrogen and oxygen atoms in total. The van der Waals surface area contributed by atoms with Crippen molar-refractivity contribution in [2.75, 3.05) is 4.90 Å². The molecule has 58 heavy (non-hydrogen) atoms. The van der Waals surface area contributed by atoms with Gasteiger partial charge in [0, 0.05) is 73.7 Å². The van der Waals surface area contributed by atoms with Crippen LogP contribution in [0.25, 0.3) is 95.7 Å². The molecule has 3 heterocycles. The number of fused-ring (bicyclic) bond motifs is 10. The Kier molecular flexibility index (Phi) is 7.62. The highest BCUT2D eigenvalue weighted by Gasteiger charge is 2.19. The van der Waals surface area contributed by atoms with Gasteiger partial charge < -0.3 is 9.32 Å². The van der Waals surface area contributed by atoms with Crippen molar-refractivity contribution in [2.24, 2.45) is 0 Å². The van der Waals surface area contributed by atoms with E-state index >= 15 is 0 Å². The van der Waals surface area contributed by atoms with E-state index in [-0.39, 0.29) is 0 Å². The summed E-state index contributed by atoms with van der Waals surface area (Å²) in [6.07, 6.45) is 0. The van der Waals surface area contributed by atoms with Gasteiger partial charge in [0.05, 0.1) is 0 Å². The van der Waals surface area contributed by atoms with E-state index in [1.807, 2.05) is 22.7 Å². The van der Waals surface area contributed by atoms with Gasteiger partial charge in [-0.05, 0) is 101 Å². The first-order valence-corrected chi connectivity index (χ1v) is 21.2. The molecule has 3 aromatic heterocycles. The second-order valence-electron chi connectivity index (χ2n) is 14.8. The predicted molar refractivity (Wildman–Crippen MR) is 250 cm³/mol. The number of anilines is 3. The summed E-state index contributed by atoms with van der Waals surface area (Å²) in [5.74, 6) is 0. The summed E-state index contributed by atoms with van der Waals surface area (Å²) in [4.78, 5) is 2.35. The molecule has 0 aliphatic heterocycles. The summed E-state index contributed by atoms with van der Waals surface area (Å²) >= 11 is 3.68. The third kappa shape index (κ3) is 5.37. The number of hydrogen-bond acceptors (Lipinski definition) is 4. The Morgan fingerprint density at radius 3 is 1.53 bits per heavy atom. The molecule has 0 aliphatic carbocycles. The fourth-order valence-electron chi connectivity index (χ4n) is 8.67. The lowest BCUT2D eigenvalue weighted by molar-refractivity contribution is 0.674. The SMILES string of the molecule is c1ccc(-c2ccc(N(c3ccc(-c4ccc5sc6ccccc6c5c4)cc3)c3ccc(-c4cccc5c4oc4c5ccc5sc6ccccc6c54)cc3)cc2)cc1. The molecule has 0 aliphatic rings. The monoisotopic (exact) mass is 775 g/mol. The zero-order chi connectivity index (χ0) is 38.2. The minimum atomic E-state index is 0.922. The van der Waals surface area contributed by atoms with Crippen LogP contribution in [-0.4, -0.2) is 0 Å². The van der Waals surface area contributed by atoms with Gasteiger partial charge in [-0.25, -0.2) is 0 Å². The average Bonchev–Trinajstić information content (AvgIpc) is 3.99. The zero-order valence-corrected chi connectivity index (χ0v) is 32.9. The number of para-hydroxylation sites is 1. The molecule has 12 aromatic rings. The molecule has 0 N–H and O–H groups in total. The van der Waals surface area contributed by atoms with Crippen molar-refractivity contribution in [3.8, 4) is 33.4 Å². The van der Waals surface area contributed by atoms with Crippen molar-refractivity contribution in [3.05, 3.63) is 200 Å². The highest BCUT2D eigenvalue weighted by Crippen LogP contribution is 2.45. The van der Waals surface area contributed by atoms with E-state index < -0.39 is 0 Å². The van der Waals surface area contributed by atoms with Crippen LogP contribution in [0.1, 0.15) is 0 Å². The number of thiophene rings is 2. The van der Waals surface area contributed by atoms with Gasteiger partial charge in [-0.1, -0.05) is 127 Å². The minimum absolute atomic E-state index is 0.922. The molecule has 0 saturated carbocycles. The van der Waals surface area contributed by atoms with Gasteiger partial charge in [0.1, 0.15) is 11.2 Å². The van der Waals surface area contributed by atoms with Gasteiger partial charge in [0.15, 0.2) is 0 Å². The largest absolute Gasteiger partial charge is 0.455 e. The van der Waals surface area contributed by atoms with Gasteiger partial charge in [-0.2, -0.15) is 0 Å². The van der Waals surface area contributed by atoms with E-state index in [0.29, 0.717) is 0 Å². The molecular weight excluding hydrogens is 743 g/mol. The van der Waals surface area contributed by atoms with Crippen LogP contribution in [0.3, 0.4) is 0 Å². The fourth-order valence-corrected chi connectivity index (χ4v) is 10.9. The van der Waals surface area contributed by atoms with Crippen molar-refractivity contribution >= 4 is 102 Å². The maximum atomic E-state index is 6.87. The summed E-state index contributed by atoms with van der Waals surface area (Å²) in [5.41, 5.74) is 12.2. The first-order chi connectivity index (χ1) is 28.7. The van der Waals surface area contributed by atoms with Gasteiger partial charge in [0.2, 0.25) is 0 Å². The summed E-state index contributed by atoms with van der Waals surface area (Å²) in [6.45, 7) is 0. The Bertz CT molecular complexity index is 3480. The Balaban J connectivity index is 0.943. The van der Waals surface area contributed by atoms with E-state index in [2.05, 4.69) is 205 Å². The Hall–Kier alpha value is -6.98. The van der Waals surface area contributed by atoms with Crippen LogP contribution < -0.4 is 4.90 Å². The summed E-state index contributed by atoms with van der Waals surface area (Å²) < 4.78 is 12.0. The van der Waals surface area contributed by atoms with Crippen LogP contribution in [0.15, 0.2) is 205 Å². The lowest BCUT2D eigenvalue weighted by atomic mass is 10.0. The maximum Gasteiger partial charge on any atom is 0.144 e. The Labute approximate surface area is 343 Å². The second-order valence-corrected chi connectivity index (χ2v) is 17.0. The van der Waals surface area contributed by atoms with Gasteiger partial charge in [-0.15, -0.1) is 22.7 Å². The van der Waals surface area contributed by atoms with Crippen LogP contribution in [0.2, 0.25) is 0 Å². The lowest BCUT2D eigenvalue weighted by Gasteiger charge is -2.26. The molecule has 0 fully saturated rings.